The highest BCUT2D eigenvalue weighted by atomic mass is 32.2. The Kier molecular flexibility index (Phi) is 8.65. The van der Waals surface area contributed by atoms with E-state index in [2.05, 4.69) is 5.32 Å². The second-order valence-electron chi connectivity index (χ2n) is 7.51. The molecule has 1 unspecified atom stereocenters. The van der Waals surface area contributed by atoms with Crippen LogP contribution in [-0.4, -0.2) is 58.1 Å². The van der Waals surface area contributed by atoms with E-state index in [9.17, 15) is 18.0 Å². The molecular weight excluding hydrogens is 430 g/mol. The fourth-order valence-electron chi connectivity index (χ4n) is 3.34. The molecule has 2 aromatic carbocycles. The number of amides is 2. The predicted octanol–water partition coefficient (Wildman–Crippen LogP) is 2.32. The molecule has 0 heterocycles. The van der Waals surface area contributed by atoms with Gasteiger partial charge in [-0.1, -0.05) is 36.8 Å². The van der Waals surface area contributed by atoms with Gasteiger partial charge in [0.05, 0.1) is 19.1 Å². The van der Waals surface area contributed by atoms with E-state index in [1.807, 2.05) is 38.1 Å². The Morgan fingerprint density at radius 3 is 2.12 bits per heavy atom. The number of aryl methyl sites for hydroxylation is 1. The van der Waals surface area contributed by atoms with Gasteiger partial charge < -0.3 is 15.0 Å². The van der Waals surface area contributed by atoms with E-state index in [1.54, 1.807) is 24.3 Å². The number of likely N-dealkylation sites (N-methyl/N-ethyl adjacent to an activating group) is 1. The van der Waals surface area contributed by atoms with Gasteiger partial charge in [-0.05, 0) is 43.2 Å². The van der Waals surface area contributed by atoms with E-state index in [0.717, 1.165) is 21.7 Å². The minimum absolute atomic E-state index is 0.186. The van der Waals surface area contributed by atoms with Crippen molar-refractivity contribution in [3.63, 3.8) is 0 Å². The Morgan fingerprint density at radius 1 is 1.06 bits per heavy atom. The van der Waals surface area contributed by atoms with E-state index in [4.69, 9.17) is 4.74 Å². The van der Waals surface area contributed by atoms with Gasteiger partial charge in [0.25, 0.3) is 0 Å². The fourth-order valence-corrected chi connectivity index (χ4v) is 4.19. The van der Waals surface area contributed by atoms with Crippen LogP contribution in [0.2, 0.25) is 0 Å². The largest absolute Gasteiger partial charge is 0.497 e. The lowest BCUT2D eigenvalue weighted by molar-refractivity contribution is -0.140. The minimum atomic E-state index is -3.76. The maximum atomic E-state index is 13.4. The number of hydrogen-bond acceptors (Lipinski definition) is 5. The molecule has 0 radical (unpaired) electrons. The maximum Gasteiger partial charge on any atom is 0.244 e. The van der Waals surface area contributed by atoms with Crippen LogP contribution in [0.5, 0.6) is 5.75 Å². The number of ether oxygens (including phenoxy) is 1. The highest BCUT2D eigenvalue weighted by Crippen LogP contribution is 2.22. The fraction of sp³-hybridized carbons (Fsp3) is 0.391. The summed E-state index contributed by atoms with van der Waals surface area (Å²) in [4.78, 5) is 27.3. The number of nitrogens with one attached hydrogen (secondary N) is 1. The molecule has 0 saturated carbocycles. The molecule has 0 fully saturated rings. The zero-order valence-electron chi connectivity index (χ0n) is 19.2. The highest BCUT2D eigenvalue weighted by molar-refractivity contribution is 7.92. The molecule has 0 saturated heterocycles. The van der Waals surface area contributed by atoms with Crippen molar-refractivity contribution in [2.24, 2.45) is 0 Å². The number of nitrogens with zero attached hydrogens (tertiary/aromatic N) is 2. The Morgan fingerprint density at radius 2 is 1.66 bits per heavy atom. The van der Waals surface area contributed by atoms with Gasteiger partial charge in [-0.15, -0.1) is 0 Å². The second-order valence-corrected chi connectivity index (χ2v) is 9.42. The molecule has 1 N–H and O–H groups in total. The number of anilines is 1. The van der Waals surface area contributed by atoms with Crippen molar-refractivity contribution in [3.8, 4) is 5.75 Å². The molecule has 0 spiro atoms. The number of methoxy groups -OCH3 is 1. The summed E-state index contributed by atoms with van der Waals surface area (Å²) in [6.07, 6.45) is 1.43. The van der Waals surface area contributed by atoms with Crippen LogP contribution in [0.1, 0.15) is 24.5 Å². The van der Waals surface area contributed by atoms with Gasteiger partial charge in [0.15, 0.2) is 0 Å². The van der Waals surface area contributed by atoms with Gasteiger partial charge >= 0.3 is 0 Å². The van der Waals surface area contributed by atoms with Crippen molar-refractivity contribution in [2.75, 3.05) is 31.3 Å². The summed E-state index contributed by atoms with van der Waals surface area (Å²) in [5.74, 6) is -0.203. The Bertz CT molecular complexity index is 1020. The van der Waals surface area contributed by atoms with Crippen LogP contribution >= 0.6 is 0 Å². The van der Waals surface area contributed by atoms with E-state index in [0.29, 0.717) is 17.9 Å². The lowest BCUT2D eigenvalue weighted by Crippen LogP contribution is -2.51. The molecule has 8 nitrogen and oxygen atoms in total. The van der Waals surface area contributed by atoms with Crippen molar-refractivity contribution in [1.82, 2.24) is 10.2 Å². The first-order chi connectivity index (χ1) is 15.1. The normalized spacial score (nSPS) is 12.0. The van der Waals surface area contributed by atoms with Crippen LogP contribution in [-0.2, 0) is 26.2 Å². The van der Waals surface area contributed by atoms with Crippen molar-refractivity contribution in [1.29, 1.82) is 0 Å². The van der Waals surface area contributed by atoms with Crippen molar-refractivity contribution >= 4 is 27.5 Å². The Balaban J connectivity index is 2.39. The van der Waals surface area contributed by atoms with Gasteiger partial charge in [-0.3, -0.25) is 13.9 Å². The number of hydrogen-bond donors (Lipinski definition) is 1. The van der Waals surface area contributed by atoms with Gasteiger partial charge in [-0.2, -0.15) is 0 Å². The van der Waals surface area contributed by atoms with Crippen molar-refractivity contribution in [3.05, 3.63) is 59.7 Å². The van der Waals surface area contributed by atoms with Crippen molar-refractivity contribution in [2.45, 2.75) is 32.9 Å². The minimum Gasteiger partial charge on any atom is -0.497 e. The average Bonchev–Trinajstić information content (AvgIpc) is 2.77. The molecule has 2 aromatic rings. The molecule has 0 bridgehead atoms. The van der Waals surface area contributed by atoms with Crippen LogP contribution in [0.15, 0.2) is 48.5 Å². The topological polar surface area (TPSA) is 96.0 Å². The number of carbonyl (C=O) groups is 2. The monoisotopic (exact) mass is 461 g/mol. The molecule has 0 aromatic heterocycles. The van der Waals surface area contributed by atoms with Gasteiger partial charge in [-0.25, -0.2) is 8.42 Å². The molecule has 0 aliphatic rings. The standard InChI is InChI=1S/C23H31N3O5S/c1-6-21(23(28)24-3)25(15-18-9-7-17(2)8-10-18)22(27)16-26(32(5,29)30)19-11-13-20(31-4)14-12-19/h7-14,21H,6,15-16H2,1-5H3,(H,24,28). The first-order valence-corrected chi connectivity index (χ1v) is 12.1. The van der Waals surface area contributed by atoms with Gasteiger partial charge in [0, 0.05) is 13.6 Å². The first kappa shape index (κ1) is 25.2. The van der Waals surface area contributed by atoms with Crippen LogP contribution in [0.4, 0.5) is 5.69 Å². The molecule has 32 heavy (non-hydrogen) atoms. The van der Waals surface area contributed by atoms with Crippen LogP contribution in [0.3, 0.4) is 0 Å². The van der Waals surface area contributed by atoms with E-state index >= 15 is 0 Å². The average molecular weight is 462 g/mol. The second kappa shape index (κ2) is 11.0. The highest BCUT2D eigenvalue weighted by Gasteiger charge is 2.31. The molecule has 1 atom stereocenters. The van der Waals surface area contributed by atoms with E-state index in [1.165, 1.54) is 19.1 Å². The van der Waals surface area contributed by atoms with Gasteiger partial charge in [0.1, 0.15) is 18.3 Å². The molecule has 2 rings (SSSR count). The van der Waals surface area contributed by atoms with E-state index < -0.39 is 28.5 Å². The summed E-state index contributed by atoms with van der Waals surface area (Å²) in [6.45, 7) is 3.54. The first-order valence-electron chi connectivity index (χ1n) is 10.3. The summed E-state index contributed by atoms with van der Waals surface area (Å²) in [6, 6.07) is 13.3. The van der Waals surface area contributed by atoms with Crippen LogP contribution < -0.4 is 14.4 Å². The maximum absolute atomic E-state index is 13.4. The number of rotatable bonds is 10. The summed E-state index contributed by atoms with van der Waals surface area (Å²) in [5.41, 5.74) is 2.26. The quantitative estimate of drug-likeness (QED) is 0.586. The molecular formula is C23H31N3O5S. The van der Waals surface area contributed by atoms with Crippen LogP contribution in [0, 0.1) is 6.92 Å². The predicted molar refractivity (Wildman–Crippen MR) is 125 cm³/mol. The lowest BCUT2D eigenvalue weighted by Gasteiger charge is -2.32. The van der Waals surface area contributed by atoms with Gasteiger partial charge in [0.2, 0.25) is 21.8 Å². The third-order valence-corrected chi connectivity index (χ3v) is 6.29. The molecule has 9 heteroatoms. The summed E-state index contributed by atoms with van der Waals surface area (Å²) in [5, 5.41) is 2.60. The van der Waals surface area contributed by atoms with Crippen molar-refractivity contribution < 1.29 is 22.7 Å². The molecule has 0 aliphatic heterocycles. The molecule has 2 amide bonds. The third kappa shape index (κ3) is 6.46. The van der Waals surface area contributed by atoms with Crippen LogP contribution in [0.25, 0.3) is 0 Å². The zero-order chi connectivity index (χ0) is 23.9. The smallest absolute Gasteiger partial charge is 0.244 e. The summed E-state index contributed by atoms with van der Waals surface area (Å²) in [7, 11) is -0.731. The summed E-state index contributed by atoms with van der Waals surface area (Å²) >= 11 is 0. The number of carbonyl (C=O) groups excluding carboxylic acids is 2. The lowest BCUT2D eigenvalue weighted by atomic mass is 10.1. The number of benzene rings is 2. The zero-order valence-corrected chi connectivity index (χ0v) is 20.0. The SMILES string of the molecule is CCC(C(=O)NC)N(Cc1ccc(C)cc1)C(=O)CN(c1ccc(OC)cc1)S(C)(=O)=O. The summed E-state index contributed by atoms with van der Waals surface area (Å²) < 4.78 is 31.2. The molecule has 0 aliphatic carbocycles. The Hall–Kier alpha value is -3.07. The number of sulfonamides is 1. The molecule has 174 valence electrons. The third-order valence-electron chi connectivity index (χ3n) is 5.15. The van der Waals surface area contributed by atoms with E-state index in [-0.39, 0.29) is 12.5 Å². The Labute approximate surface area is 190 Å².